The zero-order valence-corrected chi connectivity index (χ0v) is 15.9. The number of carbonyl (C=O) groups is 1. The Hall–Kier alpha value is -2.05. The predicted octanol–water partition coefficient (Wildman–Crippen LogP) is 4.70. The lowest BCUT2D eigenvalue weighted by atomic mass is 10.1. The topological polar surface area (TPSA) is 56.5 Å². The lowest BCUT2D eigenvalue weighted by molar-refractivity contribution is -0.141. The van der Waals surface area contributed by atoms with E-state index in [0.717, 1.165) is 20.3 Å². The molecule has 0 saturated heterocycles. The summed E-state index contributed by atoms with van der Waals surface area (Å²) in [6.07, 6.45) is 0. The fraction of sp³-hybridized carbons (Fsp3) is 0.158. The third kappa shape index (κ3) is 4.52. The van der Waals surface area contributed by atoms with Gasteiger partial charge in [-0.05, 0) is 36.8 Å². The van der Waals surface area contributed by atoms with Crippen molar-refractivity contribution in [3.8, 4) is 0 Å². The van der Waals surface area contributed by atoms with E-state index in [-0.39, 0.29) is 18.3 Å². The molecule has 0 N–H and O–H groups in total. The number of benzene rings is 2. The Balaban J connectivity index is 1.67. The smallest absolute Gasteiger partial charge is 0.336 e. The van der Waals surface area contributed by atoms with Gasteiger partial charge in [0.05, 0.1) is 5.75 Å². The molecule has 0 aliphatic heterocycles. The number of carbonyl (C=O) groups excluding carboxylic acids is 1. The molecule has 0 saturated carbocycles. The number of thioether (sulfide) groups is 1. The molecule has 0 amide bonds. The number of hydrogen-bond donors (Lipinski definition) is 0. The van der Waals surface area contributed by atoms with E-state index in [1.165, 1.54) is 17.8 Å². The molecule has 128 valence electrons. The van der Waals surface area contributed by atoms with Gasteiger partial charge in [0, 0.05) is 26.4 Å². The SMILES string of the molecule is Cc1ccccc1SCC(=O)OCc1cc(=O)oc2cc(Br)ccc12. The van der Waals surface area contributed by atoms with Crippen LogP contribution in [0, 0.1) is 6.92 Å². The molecule has 0 radical (unpaired) electrons. The van der Waals surface area contributed by atoms with Crippen molar-refractivity contribution in [3.63, 3.8) is 0 Å². The minimum atomic E-state index is -0.467. The van der Waals surface area contributed by atoms with Crippen LogP contribution in [0.1, 0.15) is 11.1 Å². The van der Waals surface area contributed by atoms with Crippen LogP contribution in [-0.4, -0.2) is 11.7 Å². The normalized spacial score (nSPS) is 10.8. The number of fused-ring (bicyclic) bond motifs is 1. The molecule has 1 heterocycles. The van der Waals surface area contributed by atoms with Crippen LogP contribution in [0.4, 0.5) is 0 Å². The fourth-order valence-electron chi connectivity index (χ4n) is 2.38. The number of ether oxygens (including phenoxy) is 1. The van der Waals surface area contributed by atoms with E-state index in [4.69, 9.17) is 9.15 Å². The molecular weight excluding hydrogens is 404 g/mol. The van der Waals surface area contributed by atoms with Crippen molar-refractivity contribution in [2.75, 3.05) is 5.75 Å². The van der Waals surface area contributed by atoms with Crippen LogP contribution in [0.3, 0.4) is 0 Å². The molecule has 0 spiro atoms. The van der Waals surface area contributed by atoms with Gasteiger partial charge in [-0.25, -0.2) is 4.79 Å². The second kappa shape index (κ2) is 7.89. The van der Waals surface area contributed by atoms with Gasteiger partial charge in [-0.2, -0.15) is 0 Å². The maximum absolute atomic E-state index is 12.0. The minimum Gasteiger partial charge on any atom is -0.460 e. The van der Waals surface area contributed by atoms with Gasteiger partial charge in [-0.1, -0.05) is 34.1 Å². The van der Waals surface area contributed by atoms with E-state index in [9.17, 15) is 9.59 Å². The second-order valence-corrected chi connectivity index (χ2v) is 7.38. The highest BCUT2D eigenvalue weighted by atomic mass is 79.9. The maximum Gasteiger partial charge on any atom is 0.336 e. The van der Waals surface area contributed by atoms with E-state index in [1.54, 1.807) is 6.07 Å². The van der Waals surface area contributed by atoms with Crippen LogP contribution in [0.15, 0.2) is 67.1 Å². The summed E-state index contributed by atoms with van der Waals surface area (Å²) in [6.45, 7) is 2.04. The summed E-state index contributed by atoms with van der Waals surface area (Å²) in [7, 11) is 0. The molecule has 4 nitrogen and oxygen atoms in total. The van der Waals surface area contributed by atoms with Crippen molar-refractivity contribution in [2.45, 2.75) is 18.4 Å². The molecular formula is C19H15BrO4S. The van der Waals surface area contributed by atoms with Gasteiger partial charge in [-0.15, -0.1) is 11.8 Å². The molecule has 6 heteroatoms. The van der Waals surface area contributed by atoms with Crippen molar-refractivity contribution >= 4 is 44.6 Å². The third-order valence-electron chi connectivity index (χ3n) is 3.62. The molecule has 0 fully saturated rings. The molecule has 0 aliphatic rings. The number of hydrogen-bond acceptors (Lipinski definition) is 5. The average Bonchev–Trinajstić information content (AvgIpc) is 2.58. The zero-order chi connectivity index (χ0) is 17.8. The molecule has 25 heavy (non-hydrogen) atoms. The van der Waals surface area contributed by atoms with Gasteiger partial charge in [0.2, 0.25) is 0 Å². The molecule has 0 atom stereocenters. The average molecular weight is 419 g/mol. The monoisotopic (exact) mass is 418 g/mol. The summed E-state index contributed by atoms with van der Waals surface area (Å²) in [4.78, 5) is 24.8. The first-order chi connectivity index (χ1) is 12.0. The quantitative estimate of drug-likeness (QED) is 0.341. The number of rotatable bonds is 5. The molecule has 0 bridgehead atoms. The Labute approximate surface area is 157 Å². The number of aryl methyl sites for hydroxylation is 1. The van der Waals surface area contributed by atoms with Crippen molar-refractivity contribution in [1.82, 2.24) is 0 Å². The van der Waals surface area contributed by atoms with Crippen molar-refractivity contribution < 1.29 is 13.9 Å². The van der Waals surface area contributed by atoms with Crippen LogP contribution in [0.25, 0.3) is 11.0 Å². The standard InChI is InChI=1S/C19H15BrO4S/c1-12-4-2-3-5-17(12)25-11-19(22)23-10-13-8-18(21)24-16-9-14(20)6-7-15(13)16/h2-9H,10-11H2,1H3. The molecule has 1 aromatic heterocycles. The van der Waals surface area contributed by atoms with Gasteiger partial charge in [-0.3, -0.25) is 4.79 Å². The van der Waals surface area contributed by atoms with E-state index < -0.39 is 5.63 Å². The summed E-state index contributed by atoms with van der Waals surface area (Å²) in [5, 5.41) is 0.752. The Morgan fingerprint density at radius 3 is 2.80 bits per heavy atom. The van der Waals surface area contributed by atoms with Crippen LogP contribution in [0.2, 0.25) is 0 Å². The first kappa shape index (κ1) is 17.8. The Morgan fingerprint density at radius 1 is 1.20 bits per heavy atom. The van der Waals surface area contributed by atoms with Crippen molar-refractivity contribution in [2.24, 2.45) is 0 Å². The summed E-state index contributed by atoms with van der Waals surface area (Å²) in [6, 6.07) is 14.6. The first-order valence-electron chi connectivity index (χ1n) is 7.59. The highest BCUT2D eigenvalue weighted by Crippen LogP contribution is 2.24. The first-order valence-corrected chi connectivity index (χ1v) is 9.37. The zero-order valence-electron chi connectivity index (χ0n) is 13.5. The van der Waals surface area contributed by atoms with Crippen molar-refractivity contribution in [1.29, 1.82) is 0 Å². The number of halogens is 1. The van der Waals surface area contributed by atoms with Crippen LogP contribution >= 0.6 is 27.7 Å². The Kier molecular flexibility index (Phi) is 5.60. The number of esters is 1. The fourth-order valence-corrected chi connectivity index (χ4v) is 3.55. The molecule has 0 aliphatic carbocycles. The highest BCUT2D eigenvalue weighted by molar-refractivity contribution is 9.10. The van der Waals surface area contributed by atoms with Gasteiger partial charge in [0.25, 0.3) is 0 Å². The summed E-state index contributed by atoms with van der Waals surface area (Å²) in [5.74, 6) is -0.109. The minimum absolute atomic E-state index is 0.0386. The lowest BCUT2D eigenvalue weighted by Crippen LogP contribution is -2.09. The highest BCUT2D eigenvalue weighted by Gasteiger charge is 2.10. The molecule has 3 rings (SSSR count). The lowest BCUT2D eigenvalue weighted by Gasteiger charge is -2.08. The van der Waals surface area contributed by atoms with E-state index in [2.05, 4.69) is 15.9 Å². The Bertz CT molecular complexity index is 981. The predicted molar refractivity (Wildman–Crippen MR) is 102 cm³/mol. The summed E-state index contributed by atoms with van der Waals surface area (Å²) >= 11 is 4.78. The molecule has 2 aromatic carbocycles. The largest absolute Gasteiger partial charge is 0.460 e. The molecule has 0 unspecified atom stereocenters. The maximum atomic E-state index is 12.0. The second-order valence-electron chi connectivity index (χ2n) is 5.45. The van der Waals surface area contributed by atoms with Crippen LogP contribution < -0.4 is 5.63 Å². The van der Waals surface area contributed by atoms with Gasteiger partial charge in [0.15, 0.2) is 0 Å². The van der Waals surface area contributed by atoms with E-state index >= 15 is 0 Å². The summed E-state index contributed by atoms with van der Waals surface area (Å²) < 4.78 is 11.3. The van der Waals surface area contributed by atoms with Crippen LogP contribution in [-0.2, 0) is 16.1 Å². The van der Waals surface area contributed by atoms with Gasteiger partial charge >= 0.3 is 11.6 Å². The van der Waals surface area contributed by atoms with Gasteiger partial charge < -0.3 is 9.15 Å². The Morgan fingerprint density at radius 2 is 2.00 bits per heavy atom. The van der Waals surface area contributed by atoms with E-state index in [0.29, 0.717) is 11.1 Å². The summed E-state index contributed by atoms with van der Waals surface area (Å²) in [5.41, 5.74) is 1.75. The van der Waals surface area contributed by atoms with Gasteiger partial charge in [0.1, 0.15) is 12.2 Å². The van der Waals surface area contributed by atoms with Crippen LogP contribution in [0.5, 0.6) is 0 Å². The van der Waals surface area contributed by atoms with E-state index in [1.807, 2.05) is 43.3 Å². The van der Waals surface area contributed by atoms with Crippen molar-refractivity contribution in [3.05, 3.63) is 74.6 Å². The molecule has 3 aromatic rings. The third-order valence-corrected chi connectivity index (χ3v) is 5.26.